The fourth-order valence-electron chi connectivity index (χ4n) is 1.74. The third-order valence-corrected chi connectivity index (χ3v) is 2.71. The minimum atomic E-state index is -0.170. The van der Waals surface area contributed by atoms with Gasteiger partial charge in [-0.3, -0.25) is 10.6 Å². The Hall–Kier alpha value is -2.34. The van der Waals surface area contributed by atoms with Crippen LogP contribution in [0.4, 0.5) is 5.69 Å². The first-order chi connectivity index (χ1) is 9.10. The lowest BCUT2D eigenvalue weighted by molar-refractivity contribution is 0.0946. The van der Waals surface area contributed by atoms with Crippen LogP contribution in [0, 0.1) is 13.8 Å². The van der Waals surface area contributed by atoms with Gasteiger partial charge in [-0.1, -0.05) is 0 Å². The topological polar surface area (TPSA) is 93.2 Å². The summed E-state index contributed by atoms with van der Waals surface area (Å²) in [6.45, 7) is 3.93. The number of amides is 1. The fourth-order valence-corrected chi connectivity index (χ4v) is 1.74. The Morgan fingerprint density at radius 1 is 1.42 bits per heavy atom. The zero-order chi connectivity index (χ0) is 13.8. The molecule has 0 radical (unpaired) electrons. The molecule has 1 amide bonds. The van der Waals surface area contributed by atoms with E-state index in [1.165, 1.54) is 0 Å². The van der Waals surface area contributed by atoms with Gasteiger partial charge in [-0.05, 0) is 37.6 Å². The summed E-state index contributed by atoms with van der Waals surface area (Å²) in [6.07, 6.45) is 1.62. The van der Waals surface area contributed by atoms with Crippen LogP contribution in [-0.2, 0) is 6.54 Å². The van der Waals surface area contributed by atoms with E-state index in [2.05, 4.69) is 15.7 Å². The number of oxazole rings is 1. The number of hydrogen-bond donors (Lipinski definition) is 3. The van der Waals surface area contributed by atoms with Crippen molar-refractivity contribution in [1.29, 1.82) is 0 Å². The molecule has 0 unspecified atom stereocenters. The predicted octanol–water partition coefficient (Wildman–Crippen LogP) is 1.51. The molecular weight excluding hydrogens is 244 g/mol. The zero-order valence-corrected chi connectivity index (χ0v) is 10.9. The number of nitrogens with two attached hydrogens (primary N) is 1. The molecule has 4 N–H and O–H groups in total. The average Bonchev–Trinajstić information content (AvgIpc) is 2.81. The third-order valence-electron chi connectivity index (χ3n) is 2.71. The van der Waals surface area contributed by atoms with Crippen LogP contribution in [0.5, 0.6) is 0 Å². The Kier molecular flexibility index (Phi) is 3.82. The quantitative estimate of drug-likeness (QED) is 0.572. The maximum absolute atomic E-state index is 12.0. The monoisotopic (exact) mass is 260 g/mol. The Morgan fingerprint density at radius 2 is 2.21 bits per heavy atom. The number of hydrazine groups is 1. The maximum Gasteiger partial charge on any atom is 0.251 e. The van der Waals surface area contributed by atoms with Crippen LogP contribution >= 0.6 is 0 Å². The van der Waals surface area contributed by atoms with Crippen LogP contribution in [0.1, 0.15) is 27.6 Å². The van der Waals surface area contributed by atoms with E-state index in [1.54, 1.807) is 25.3 Å². The second-order valence-corrected chi connectivity index (χ2v) is 4.22. The van der Waals surface area contributed by atoms with Crippen molar-refractivity contribution in [3.05, 3.63) is 47.2 Å². The van der Waals surface area contributed by atoms with Crippen molar-refractivity contribution in [2.24, 2.45) is 5.84 Å². The fraction of sp³-hybridized carbons (Fsp3) is 0.231. The highest BCUT2D eigenvalue weighted by atomic mass is 16.4. The van der Waals surface area contributed by atoms with Crippen LogP contribution in [0.15, 0.2) is 28.8 Å². The van der Waals surface area contributed by atoms with E-state index in [0.29, 0.717) is 11.5 Å². The number of aromatic nitrogens is 1. The molecule has 2 aromatic rings. The van der Waals surface area contributed by atoms with Crippen LogP contribution < -0.4 is 16.6 Å². The van der Waals surface area contributed by atoms with E-state index in [9.17, 15) is 4.79 Å². The number of hydrogen-bond acceptors (Lipinski definition) is 5. The van der Waals surface area contributed by atoms with Gasteiger partial charge in [0.05, 0.1) is 12.7 Å². The number of benzene rings is 1. The summed E-state index contributed by atoms with van der Waals surface area (Å²) < 4.78 is 5.28. The molecule has 0 aliphatic carbocycles. The minimum Gasteiger partial charge on any atom is -0.444 e. The number of carbonyl (C=O) groups is 1. The van der Waals surface area contributed by atoms with Crippen LogP contribution in [-0.4, -0.2) is 10.9 Å². The highest BCUT2D eigenvalue weighted by Gasteiger charge is 2.10. The molecule has 19 heavy (non-hydrogen) atoms. The van der Waals surface area contributed by atoms with Crippen molar-refractivity contribution < 1.29 is 9.21 Å². The zero-order valence-electron chi connectivity index (χ0n) is 10.9. The summed E-state index contributed by atoms with van der Waals surface area (Å²) in [4.78, 5) is 16.0. The molecule has 1 aromatic heterocycles. The minimum absolute atomic E-state index is 0.170. The summed E-state index contributed by atoms with van der Waals surface area (Å²) >= 11 is 0. The lowest BCUT2D eigenvalue weighted by Crippen LogP contribution is -2.23. The lowest BCUT2D eigenvalue weighted by Gasteiger charge is -2.08. The second kappa shape index (κ2) is 5.53. The molecule has 6 heteroatoms. The number of rotatable bonds is 4. The summed E-state index contributed by atoms with van der Waals surface area (Å²) in [5.41, 5.74) is 4.74. The molecule has 0 aliphatic rings. The van der Waals surface area contributed by atoms with Gasteiger partial charge in [0.1, 0.15) is 5.76 Å². The molecule has 0 spiro atoms. The molecule has 0 saturated carbocycles. The first kappa shape index (κ1) is 13.1. The Balaban J connectivity index is 2.03. The average molecular weight is 260 g/mol. The Morgan fingerprint density at radius 3 is 2.79 bits per heavy atom. The third kappa shape index (κ3) is 3.11. The van der Waals surface area contributed by atoms with Gasteiger partial charge in [-0.2, -0.15) is 0 Å². The van der Waals surface area contributed by atoms with Gasteiger partial charge < -0.3 is 15.2 Å². The Labute approximate surface area is 111 Å². The van der Waals surface area contributed by atoms with Crippen molar-refractivity contribution in [2.45, 2.75) is 20.4 Å². The normalized spacial score (nSPS) is 10.3. The van der Waals surface area contributed by atoms with Crippen molar-refractivity contribution in [3.63, 3.8) is 0 Å². The number of aryl methyl sites for hydroxylation is 2. The van der Waals surface area contributed by atoms with E-state index in [4.69, 9.17) is 10.3 Å². The van der Waals surface area contributed by atoms with Gasteiger partial charge in [0.25, 0.3) is 5.91 Å². The van der Waals surface area contributed by atoms with E-state index in [1.807, 2.05) is 13.0 Å². The number of carbonyl (C=O) groups excluding carboxylic acids is 1. The Bertz CT molecular complexity index is 592. The number of nitrogens with one attached hydrogen (secondary N) is 2. The molecular formula is C13H16N4O2. The molecule has 2 rings (SSSR count). The molecule has 0 saturated heterocycles. The van der Waals surface area contributed by atoms with Gasteiger partial charge in [0.2, 0.25) is 5.89 Å². The van der Waals surface area contributed by atoms with E-state index in [0.717, 1.165) is 17.0 Å². The molecule has 0 bridgehead atoms. The van der Waals surface area contributed by atoms with Gasteiger partial charge >= 0.3 is 0 Å². The molecule has 0 atom stereocenters. The number of nitrogens with zero attached hydrogens (tertiary/aromatic N) is 1. The van der Waals surface area contributed by atoms with Gasteiger partial charge in [-0.25, -0.2) is 4.98 Å². The summed E-state index contributed by atoms with van der Waals surface area (Å²) in [6, 6.07) is 5.28. The summed E-state index contributed by atoms with van der Waals surface area (Å²) in [5, 5.41) is 2.76. The molecule has 6 nitrogen and oxygen atoms in total. The standard InChI is InChI=1S/C13H16N4O2/c1-8-5-10(17-14)3-4-11(8)13(18)16-7-12-15-6-9(2)19-12/h3-6,17H,7,14H2,1-2H3,(H,16,18). The molecule has 1 aromatic carbocycles. The highest BCUT2D eigenvalue weighted by Crippen LogP contribution is 2.14. The number of nitrogen functional groups attached to an aromatic ring is 1. The second-order valence-electron chi connectivity index (χ2n) is 4.22. The molecule has 0 fully saturated rings. The lowest BCUT2D eigenvalue weighted by atomic mass is 10.1. The van der Waals surface area contributed by atoms with Crippen molar-refractivity contribution in [2.75, 3.05) is 5.43 Å². The SMILES string of the molecule is Cc1cnc(CNC(=O)c2ccc(NN)cc2C)o1. The van der Waals surface area contributed by atoms with Crippen molar-refractivity contribution in [3.8, 4) is 0 Å². The van der Waals surface area contributed by atoms with Gasteiger partial charge in [-0.15, -0.1) is 0 Å². The van der Waals surface area contributed by atoms with Crippen LogP contribution in [0.3, 0.4) is 0 Å². The molecule has 0 aliphatic heterocycles. The van der Waals surface area contributed by atoms with Crippen molar-refractivity contribution in [1.82, 2.24) is 10.3 Å². The first-order valence-electron chi connectivity index (χ1n) is 5.87. The van der Waals surface area contributed by atoms with Crippen molar-refractivity contribution >= 4 is 11.6 Å². The van der Waals surface area contributed by atoms with Crippen LogP contribution in [0.25, 0.3) is 0 Å². The van der Waals surface area contributed by atoms with E-state index in [-0.39, 0.29) is 12.5 Å². The maximum atomic E-state index is 12.0. The molecule has 1 heterocycles. The first-order valence-corrected chi connectivity index (χ1v) is 5.87. The smallest absolute Gasteiger partial charge is 0.251 e. The largest absolute Gasteiger partial charge is 0.444 e. The summed E-state index contributed by atoms with van der Waals surface area (Å²) in [7, 11) is 0. The van der Waals surface area contributed by atoms with E-state index >= 15 is 0 Å². The van der Waals surface area contributed by atoms with Gasteiger partial charge in [0.15, 0.2) is 0 Å². The summed E-state index contributed by atoms with van der Waals surface area (Å²) in [5.74, 6) is 6.35. The van der Waals surface area contributed by atoms with E-state index < -0.39 is 0 Å². The van der Waals surface area contributed by atoms with Crippen LogP contribution in [0.2, 0.25) is 0 Å². The predicted molar refractivity (Wildman–Crippen MR) is 71.4 cm³/mol. The highest BCUT2D eigenvalue weighted by molar-refractivity contribution is 5.95. The number of anilines is 1. The molecule has 100 valence electrons. The van der Waals surface area contributed by atoms with Gasteiger partial charge in [0, 0.05) is 11.3 Å².